The molecule has 0 aliphatic carbocycles. The number of fused-ring (bicyclic) bond motifs is 9. The Bertz CT molecular complexity index is 4640. The van der Waals surface area contributed by atoms with Gasteiger partial charge in [0.05, 0.1) is 38.8 Å². The summed E-state index contributed by atoms with van der Waals surface area (Å²) in [6.45, 7) is 0. The molecule has 3 aromatic heterocycles. The second-order valence-corrected chi connectivity index (χ2v) is 21.4. The standard InChI is InChI=1S/C78H53N5O2/c1-5-23-54(24-6-1)79(55-25-7-2-8-26-55)60-43-45-77-71(51-60)72-52-61(80(56-27-9-3-10-28-56)57-29-11-4-12-30-57)44-46-78(72)83(77)62-49-65(84-63-33-21-31-58(47-63)81-73-39-17-13-35-67(73)68-36-14-18-40-74(68)81)53-66(50-62)85-64-34-22-32-59(48-64)82-75-41-19-15-37-69(75)70-38-16-20-42-76(70)82/h1-53H. The van der Waals surface area contributed by atoms with Gasteiger partial charge in [-0.1, -0.05) is 158 Å². The van der Waals surface area contributed by atoms with Gasteiger partial charge in [-0.3, -0.25) is 0 Å². The lowest BCUT2D eigenvalue weighted by Gasteiger charge is -2.26. The lowest BCUT2D eigenvalue weighted by Crippen LogP contribution is -2.09. The average Bonchev–Trinajstić information content (AvgIpc) is 1.98. The van der Waals surface area contributed by atoms with Gasteiger partial charge in [0.1, 0.15) is 23.0 Å². The Hall–Kier alpha value is -11.5. The van der Waals surface area contributed by atoms with E-state index < -0.39 is 0 Å². The Morgan fingerprint density at radius 2 is 0.482 bits per heavy atom. The summed E-state index contributed by atoms with van der Waals surface area (Å²) in [5.41, 5.74) is 15.7. The number of nitrogens with zero attached hydrogens (tertiary/aromatic N) is 5. The summed E-state index contributed by atoms with van der Waals surface area (Å²) < 4.78 is 21.3. The fraction of sp³-hybridized carbons (Fsp3) is 0. The number of hydrogen-bond donors (Lipinski definition) is 0. The van der Waals surface area contributed by atoms with E-state index in [1.165, 1.54) is 21.5 Å². The van der Waals surface area contributed by atoms with Crippen molar-refractivity contribution in [2.75, 3.05) is 9.80 Å². The Labute approximate surface area is 491 Å². The van der Waals surface area contributed by atoms with Crippen LogP contribution in [0.5, 0.6) is 23.0 Å². The van der Waals surface area contributed by atoms with Gasteiger partial charge in [-0.15, -0.1) is 0 Å². The molecule has 0 spiro atoms. The molecule has 85 heavy (non-hydrogen) atoms. The van der Waals surface area contributed by atoms with Gasteiger partial charge in [-0.05, 0) is 133 Å². The molecule has 16 rings (SSSR count). The predicted octanol–water partition coefficient (Wildman–Crippen LogP) is 21.5. The largest absolute Gasteiger partial charge is 0.457 e. The van der Waals surface area contributed by atoms with E-state index in [1.807, 2.05) is 18.2 Å². The van der Waals surface area contributed by atoms with Crippen molar-refractivity contribution in [2.45, 2.75) is 0 Å². The van der Waals surface area contributed by atoms with Crippen LogP contribution in [0.3, 0.4) is 0 Å². The lowest BCUT2D eigenvalue weighted by atomic mass is 10.1. The van der Waals surface area contributed by atoms with Crippen LogP contribution in [0, 0.1) is 0 Å². The molecule has 0 aliphatic heterocycles. The molecule has 0 N–H and O–H groups in total. The molecule has 0 saturated heterocycles. The van der Waals surface area contributed by atoms with Gasteiger partial charge in [-0.2, -0.15) is 0 Å². The summed E-state index contributed by atoms with van der Waals surface area (Å²) in [5, 5.41) is 6.97. The molecule has 0 bridgehead atoms. The maximum Gasteiger partial charge on any atom is 0.133 e. The van der Waals surface area contributed by atoms with Crippen molar-refractivity contribution < 1.29 is 9.47 Å². The van der Waals surface area contributed by atoms with E-state index in [1.54, 1.807) is 0 Å². The molecule has 0 fully saturated rings. The molecule has 13 aromatic carbocycles. The average molecular weight is 1090 g/mol. The van der Waals surface area contributed by atoms with Crippen LogP contribution in [-0.2, 0) is 0 Å². The van der Waals surface area contributed by atoms with Crippen LogP contribution in [-0.4, -0.2) is 13.7 Å². The maximum absolute atomic E-state index is 7.13. The fourth-order valence-electron chi connectivity index (χ4n) is 12.6. The number of ether oxygens (including phenoxy) is 2. The summed E-state index contributed by atoms with van der Waals surface area (Å²) in [5.74, 6) is 2.62. The first-order chi connectivity index (χ1) is 42.1. The summed E-state index contributed by atoms with van der Waals surface area (Å²) >= 11 is 0. The highest BCUT2D eigenvalue weighted by Crippen LogP contribution is 2.45. The van der Waals surface area contributed by atoms with Crippen LogP contribution in [0.1, 0.15) is 0 Å². The first kappa shape index (κ1) is 49.3. The topological polar surface area (TPSA) is 39.7 Å². The zero-order chi connectivity index (χ0) is 56.2. The van der Waals surface area contributed by atoms with Crippen molar-refractivity contribution in [3.8, 4) is 40.1 Å². The van der Waals surface area contributed by atoms with Crippen LogP contribution >= 0.6 is 0 Å². The second-order valence-electron chi connectivity index (χ2n) is 21.4. The van der Waals surface area contributed by atoms with E-state index in [9.17, 15) is 0 Å². The number of anilines is 6. The van der Waals surface area contributed by atoms with Crippen LogP contribution in [0.25, 0.3) is 82.5 Å². The molecule has 3 heterocycles. The number of benzene rings is 13. The summed E-state index contributed by atoms with van der Waals surface area (Å²) in [4.78, 5) is 4.65. The molecule has 7 nitrogen and oxygen atoms in total. The number of rotatable bonds is 13. The van der Waals surface area contributed by atoms with Crippen molar-refractivity contribution in [3.05, 3.63) is 322 Å². The van der Waals surface area contributed by atoms with E-state index in [2.05, 4.69) is 327 Å². The predicted molar refractivity (Wildman–Crippen MR) is 352 cm³/mol. The Balaban J connectivity index is 0.893. The minimum absolute atomic E-state index is 0.618. The van der Waals surface area contributed by atoms with Gasteiger partial charge >= 0.3 is 0 Å². The molecule has 0 unspecified atom stereocenters. The molecular weight excluding hydrogens is 1040 g/mol. The number of hydrogen-bond acceptors (Lipinski definition) is 4. The molecule has 402 valence electrons. The van der Waals surface area contributed by atoms with E-state index in [4.69, 9.17) is 9.47 Å². The number of aromatic nitrogens is 3. The normalized spacial score (nSPS) is 11.5. The smallest absolute Gasteiger partial charge is 0.133 e. The quantitative estimate of drug-likeness (QED) is 0.115. The van der Waals surface area contributed by atoms with E-state index >= 15 is 0 Å². The van der Waals surface area contributed by atoms with Crippen molar-refractivity contribution in [3.63, 3.8) is 0 Å². The van der Waals surface area contributed by atoms with Gasteiger partial charge in [-0.25, -0.2) is 0 Å². The van der Waals surface area contributed by atoms with Crippen molar-refractivity contribution in [1.82, 2.24) is 13.7 Å². The molecule has 0 atom stereocenters. The highest BCUT2D eigenvalue weighted by molar-refractivity contribution is 6.13. The monoisotopic (exact) mass is 1090 g/mol. The Morgan fingerprint density at radius 3 is 0.835 bits per heavy atom. The maximum atomic E-state index is 7.13. The second kappa shape index (κ2) is 20.8. The van der Waals surface area contributed by atoms with Crippen molar-refractivity contribution >= 4 is 99.5 Å². The SMILES string of the molecule is c1ccc(N(c2ccccc2)c2ccc3c(c2)c2cc(N(c4ccccc4)c4ccccc4)ccc2n3-c2cc(Oc3cccc(-n4c5ccccc5c5ccccc54)c3)cc(Oc3cccc(-n4c5ccccc5c5ccccc54)c3)c2)cc1. The molecule has 0 radical (unpaired) electrons. The van der Waals surface area contributed by atoms with Crippen LogP contribution in [0.15, 0.2) is 322 Å². The number of para-hydroxylation sites is 8. The Morgan fingerprint density at radius 1 is 0.188 bits per heavy atom. The molecule has 0 saturated carbocycles. The summed E-state index contributed by atoms with van der Waals surface area (Å²) in [7, 11) is 0. The highest BCUT2D eigenvalue weighted by Gasteiger charge is 2.22. The third-order valence-electron chi connectivity index (χ3n) is 16.2. The lowest BCUT2D eigenvalue weighted by molar-refractivity contribution is 0.460. The molecule has 16 aromatic rings. The van der Waals surface area contributed by atoms with Crippen molar-refractivity contribution in [1.29, 1.82) is 0 Å². The summed E-state index contributed by atoms with van der Waals surface area (Å²) in [6, 6.07) is 113. The molecule has 0 amide bonds. The highest BCUT2D eigenvalue weighted by atomic mass is 16.5. The third-order valence-corrected chi connectivity index (χ3v) is 16.2. The van der Waals surface area contributed by atoms with Gasteiger partial charge in [0.25, 0.3) is 0 Å². The van der Waals surface area contributed by atoms with Crippen LogP contribution < -0.4 is 19.3 Å². The zero-order valence-electron chi connectivity index (χ0n) is 46.2. The van der Waals surface area contributed by atoms with Crippen LogP contribution in [0.4, 0.5) is 34.1 Å². The first-order valence-electron chi connectivity index (χ1n) is 28.7. The Kier molecular flexibility index (Phi) is 12.0. The van der Waals surface area contributed by atoms with E-state index in [-0.39, 0.29) is 0 Å². The van der Waals surface area contributed by atoms with E-state index in [0.717, 1.165) is 95.1 Å². The fourth-order valence-corrected chi connectivity index (χ4v) is 12.6. The first-order valence-corrected chi connectivity index (χ1v) is 28.7. The van der Waals surface area contributed by atoms with Gasteiger partial charge < -0.3 is 33.0 Å². The van der Waals surface area contributed by atoms with Gasteiger partial charge in [0.15, 0.2) is 0 Å². The van der Waals surface area contributed by atoms with Gasteiger partial charge in [0, 0.05) is 108 Å². The minimum Gasteiger partial charge on any atom is -0.457 e. The van der Waals surface area contributed by atoms with Gasteiger partial charge in [0.2, 0.25) is 0 Å². The molecule has 7 heteroatoms. The molecule has 0 aliphatic rings. The molecular formula is C78H53N5O2. The minimum atomic E-state index is 0.618. The summed E-state index contributed by atoms with van der Waals surface area (Å²) in [6.07, 6.45) is 0. The van der Waals surface area contributed by atoms with Crippen LogP contribution in [0.2, 0.25) is 0 Å². The third kappa shape index (κ3) is 8.78. The van der Waals surface area contributed by atoms with Crippen molar-refractivity contribution in [2.24, 2.45) is 0 Å². The zero-order valence-corrected chi connectivity index (χ0v) is 46.2. The van der Waals surface area contributed by atoms with E-state index in [0.29, 0.717) is 23.0 Å².